The van der Waals surface area contributed by atoms with Crippen LogP contribution in [0.1, 0.15) is 43.9 Å². The molecule has 0 radical (unpaired) electrons. The molecule has 50 heavy (non-hydrogen) atoms. The molecule has 0 aliphatic rings. The Hall–Kier alpha value is -6.50. The molecule has 0 saturated carbocycles. The molecular formula is C50H32. The van der Waals surface area contributed by atoms with Crippen LogP contribution in [0.2, 0.25) is 0 Å². The van der Waals surface area contributed by atoms with Crippen molar-refractivity contribution in [3.63, 3.8) is 0 Å². The van der Waals surface area contributed by atoms with Crippen molar-refractivity contribution < 1.29 is 43.9 Å². The maximum absolute atomic E-state index is 10.4. The third-order valence-electron chi connectivity index (χ3n) is 8.06. The monoisotopic (exact) mass is 664 g/mol. The van der Waals surface area contributed by atoms with Crippen LogP contribution in [0.15, 0.2) is 193 Å². The summed E-state index contributed by atoms with van der Waals surface area (Å²) in [7, 11) is 0. The van der Waals surface area contributed by atoms with Crippen LogP contribution in [0.5, 0.6) is 0 Å². The quantitative estimate of drug-likeness (QED) is 0.164. The SMILES string of the molecule is [2H]c1c([2H])c(-c2c([2H])c([2H])c([2H])c3c([2H])c([2H])c([2H])c([2H])c23)c([2H])c(-c2c3c([2H])c([2H])c([2H])c([2H])c3c(-c3c([2H])c([2H])c([2H])c4c([2H])c([2H])c([2H])c([2H])c34)c3c([2H])c(-c4c([2H])c([2H])c([2H])c5c([2H])c([2H])c([2H])c([2H])c45)c([2H])c([2H])c23)c1[2H]. The highest BCUT2D eigenvalue weighted by Crippen LogP contribution is 2.47. The lowest BCUT2D eigenvalue weighted by Gasteiger charge is -2.20. The zero-order valence-electron chi connectivity index (χ0n) is 57.0. The van der Waals surface area contributed by atoms with Crippen LogP contribution in [0, 0.1) is 0 Å². The van der Waals surface area contributed by atoms with Crippen molar-refractivity contribution in [3.8, 4) is 44.5 Å². The third-order valence-corrected chi connectivity index (χ3v) is 8.06. The number of benzene rings is 10. The van der Waals surface area contributed by atoms with Crippen LogP contribution in [0.4, 0.5) is 0 Å². The van der Waals surface area contributed by atoms with E-state index in [4.69, 9.17) is 27.4 Å². The van der Waals surface area contributed by atoms with Crippen molar-refractivity contribution in [2.45, 2.75) is 0 Å². The predicted octanol–water partition coefficient (Wildman–Crippen LogP) is 14.1. The van der Waals surface area contributed by atoms with Crippen LogP contribution >= 0.6 is 0 Å². The van der Waals surface area contributed by atoms with Gasteiger partial charge in [0.2, 0.25) is 0 Å². The van der Waals surface area contributed by atoms with E-state index in [1.54, 1.807) is 0 Å². The second-order valence-electron chi connectivity index (χ2n) is 10.8. The predicted molar refractivity (Wildman–Crippen MR) is 216 cm³/mol. The van der Waals surface area contributed by atoms with Gasteiger partial charge in [0.1, 0.15) is 0 Å². The van der Waals surface area contributed by atoms with Crippen molar-refractivity contribution in [2.75, 3.05) is 0 Å². The third kappa shape index (κ3) is 4.54. The van der Waals surface area contributed by atoms with Crippen molar-refractivity contribution in [2.24, 2.45) is 0 Å². The summed E-state index contributed by atoms with van der Waals surface area (Å²) < 4.78 is 292. The van der Waals surface area contributed by atoms with Crippen molar-refractivity contribution in [1.29, 1.82) is 0 Å². The molecule has 0 heteroatoms. The summed E-state index contributed by atoms with van der Waals surface area (Å²) in [4.78, 5) is 0. The summed E-state index contributed by atoms with van der Waals surface area (Å²) in [5.74, 6) is 0. The minimum absolute atomic E-state index is 0.679. The van der Waals surface area contributed by atoms with Gasteiger partial charge in [-0.3, -0.25) is 0 Å². The molecule has 0 bridgehead atoms. The fourth-order valence-corrected chi connectivity index (χ4v) is 5.94. The highest BCUT2D eigenvalue weighted by molar-refractivity contribution is 6.24. The Kier molecular flexibility index (Phi) is 2.55. The van der Waals surface area contributed by atoms with E-state index in [-0.39, 0.29) is 0 Å². The lowest BCUT2D eigenvalue weighted by atomic mass is 9.83. The molecule has 0 unspecified atom stereocenters. The van der Waals surface area contributed by atoms with Gasteiger partial charge in [-0.2, -0.15) is 0 Å². The molecule has 0 saturated heterocycles. The second-order valence-corrected chi connectivity index (χ2v) is 10.8. The van der Waals surface area contributed by atoms with Crippen molar-refractivity contribution in [1.82, 2.24) is 0 Å². The average Bonchev–Trinajstić information content (AvgIpc) is 3.61. The van der Waals surface area contributed by atoms with E-state index in [1.807, 2.05) is 0 Å². The summed E-state index contributed by atoms with van der Waals surface area (Å²) in [5, 5.41) is -8.07. The van der Waals surface area contributed by atoms with Crippen molar-refractivity contribution in [3.05, 3.63) is 193 Å². The first-order chi connectivity index (χ1) is 38.1. The molecule has 0 amide bonds. The van der Waals surface area contributed by atoms with Gasteiger partial charge in [-0.25, -0.2) is 0 Å². The Bertz CT molecular complexity index is 4730. The maximum Gasteiger partial charge on any atom is 0.0636 e. The van der Waals surface area contributed by atoms with E-state index in [2.05, 4.69) is 0 Å². The Balaban J connectivity index is 1.61. The Labute approximate surface area is 336 Å². The van der Waals surface area contributed by atoms with Gasteiger partial charge in [0, 0.05) is 0 Å². The molecule has 0 N–H and O–H groups in total. The van der Waals surface area contributed by atoms with Crippen LogP contribution in [-0.2, 0) is 0 Å². The maximum atomic E-state index is 10.4. The molecule has 0 aliphatic carbocycles. The first-order valence-electron chi connectivity index (χ1n) is 30.8. The lowest BCUT2D eigenvalue weighted by molar-refractivity contribution is 1.63. The topological polar surface area (TPSA) is 0 Å². The number of hydrogen-bond acceptors (Lipinski definition) is 0. The minimum atomic E-state index is -1.23. The molecule has 0 spiro atoms. The molecule has 0 heterocycles. The second kappa shape index (κ2) is 11.6. The van der Waals surface area contributed by atoms with Crippen LogP contribution in [0.3, 0.4) is 0 Å². The molecular weight excluding hydrogens is 601 g/mol. The summed E-state index contributed by atoms with van der Waals surface area (Å²) >= 11 is 0. The molecule has 10 aromatic rings. The average molecular weight is 665 g/mol. The number of hydrogen-bond donors (Lipinski definition) is 0. The molecule has 0 fully saturated rings. The standard InChI is InChI=1S/C50H32/c1-4-21-39-33(13-1)16-10-26-42(39)36-19-9-20-38(31-36)49-45-24-7-8-25-46(45)50(44-28-12-18-35-15-3-6-23-41(35)44)48-32-37(29-30-47(48)49)43-27-11-17-34-14-2-5-22-40(34)43/h1-32H/i1D,2D,3D,4D,5D,6D,7D,8D,9D,10D,11D,12D,13D,14D,15D,16D,17D,18D,19D,20D,21D,22D,23D,24D,25D,26D,27D,28D,29D,30D,31D,32D. The van der Waals surface area contributed by atoms with Gasteiger partial charge < -0.3 is 0 Å². The van der Waals surface area contributed by atoms with Crippen LogP contribution in [-0.4, -0.2) is 0 Å². The van der Waals surface area contributed by atoms with E-state index in [9.17, 15) is 16.4 Å². The summed E-state index contributed by atoms with van der Waals surface area (Å²) in [6.45, 7) is 0. The molecule has 0 aromatic heterocycles. The Morgan fingerprint density at radius 1 is 0.240 bits per heavy atom. The molecule has 0 nitrogen and oxygen atoms in total. The summed E-state index contributed by atoms with van der Waals surface area (Å²) in [5.41, 5.74) is -7.36. The van der Waals surface area contributed by atoms with Gasteiger partial charge in [0.25, 0.3) is 0 Å². The summed E-state index contributed by atoms with van der Waals surface area (Å²) in [6, 6.07) is -33.3. The van der Waals surface area contributed by atoms with E-state index in [0.717, 1.165) is 0 Å². The number of rotatable bonds is 4. The van der Waals surface area contributed by atoms with Gasteiger partial charge in [-0.05, 0) is 110 Å². The fraction of sp³-hybridized carbons (Fsp3) is 0. The molecule has 10 aromatic carbocycles. The van der Waals surface area contributed by atoms with Gasteiger partial charge >= 0.3 is 0 Å². The molecule has 0 aliphatic heterocycles. The minimum Gasteiger partial charge on any atom is -0.0616 e. The first kappa shape index (κ1) is 11.0. The Morgan fingerprint density at radius 3 is 1.24 bits per heavy atom. The largest absolute Gasteiger partial charge is 0.0636 e. The fourth-order valence-electron chi connectivity index (χ4n) is 5.94. The highest BCUT2D eigenvalue weighted by Gasteiger charge is 2.19. The normalized spacial score (nSPS) is 20.6. The molecule has 232 valence electrons. The van der Waals surface area contributed by atoms with E-state index < -0.39 is 292 Å². The number of fused-ring (bicyclic) bond motifs is 5. The molecule has 0 atom stereocenters. The summed E-state index contributed by atoms with van der Waals surface area (Å²) in [6.07, 6.45) is 0. The Morgan fingerprint density at radius 2 is 0.640 bits per heavy atom. The van der Waals surface area contributed by atoms with E-state index in [1.165, 1.54) is 0 Å². The van der Waals surface area contributed by atoms with E-state index >= 15 is 0 Å². The lowest BCUT2D eigenvalue weighted by Crippen LogP contribution is -1.93. The van der Waals surface area contributed by atoms with Crippen LogP contribution < -0.4 is 0 Å². The van der Waals surface area contributed by atoms with Gasteiger partial charge in [-0.1, -0.05) is 181 Å². The van der Waals surface area contributed by atoms with Crippen molar-refractivity contribution >= 4 is 53.9 Å². The zero-order chi connectivity index (χ0) is 60.9. The van der Waals surface area contributed by atoms with Crippen LogP contribution in [0.25, 0.3) is 98.4 Å². The highest BCUT2D eigenvalue weighted by atomic mass is 14.2. The van der Waals surface area contributed by atoms with Gasteiger partial charge in [-0.15, -0.1) is 0 Å². The van der Waals surface area contributed by atoms with Gasteiger partial charge in [0.05, 0.1) is 43.9 Å². The molecule has 10 rings (SSSR count). The van der Waals surface area contributed by atoms with Gasteiger partial charge in [0.15, 0.2) is 0 Å². The van der Waals surface area contributed by atoms with E-state index in [0.29, 0.717) is 0 Å². The smallest absolute Gasteiger partial charge is 0.0616 e. The first-order valence-corrected chi connectivity index (χ1v) is 14.8. The zero-order valence-corrected chi connectivity index (χ0v) is 25.0.